The molecule has 1 aromatic heterocycles. The van der Waals surface area contributed by atoms with Gasteiger partial charge in [-0.3, -0.25) is 4.79 Å². The summed E-state index contributed by atoms with van der Waals surface area (Å²) in [6.45, 7) is 0.992. The molecule has 1 heterocycles. The molecule has 0 saturated carbocycles. The van der Waals surface area contributed by atoms with Crippen LogP contribution in [-0.4, -0.2) is 21.3 Å². The van der Waals surface area contributed by atoms with Crippen molar-refractivity contribution in [1.82, 2.24) is 15.0 Å². The Morgan fingerprint density at radius 1 is 1.09 bits per heavy atom. The SMILES string of the molecule is O=Cc1cccc(OCc2cn(Cc3ccccc3)nn2)c1. The molecule has 3 rings (SSSR count). The zero-order chi connectivity index (χ0) is 15.2. The van der Waals surface area contributed by atoms with E-state index >= 15 is 0 Å². The van der Waals surface area contributed by atoms with Gasteiger partial charge in [-0.05, 0) is 17.7 Å². The first kappa shape index (κ1) is 14.0. The molecular formula is C17H15N3O2. The second kappa shape index (κ2) is 6.67. The van der Waals surface area contributed by atoms with Gasteiger partial charge in [-0.1, -0.05) is 47.7 Å². The van der Waals surface area contributed by atoms with E-state index in [4.69, 9.17) is 4.74 Å². The summed E-state index contributed by atoms with van der Waals surface area (Å²) in [6, 6.07) is 17.1. The van der Waals surface area contributed by atoms with Crippen LogP contribution in [0.1, 0.15) is 21.6 Å². The second-order valence-corrected chi connectivity index (χ2v) is 4.87. The molecule has 3 aromatic rings. The number of ether oxygens (including phenoxy) is 1. The van der Waals surface area contributed by atoms with E-state index in [1.807, 2.05) is 36.5 Å². The monoisotopic (exact) mass is 293 g/mol. The van der Waals surface area contributed by atoms with Gasteiger partial charge in [0.1, 0.15) is 24.3 Å². The lowest BCUT2D eigenvalue weighted by Gasteiger charge is -2.03. The normalized spacial score (nSPS) is 10.4. The van der Waals surface area contributed by atoms with Gasteiger partial charge < -0.3 is 4.74 Å². The van der Waals surface area contributed by atoms with Crippen LogP contribution in [0.2, 0.25) is 0 Å². The molecule has 0 spiro atoms. The molecule has 0 aliphatic rings. The van der Waals surface area contributed by atoms with Crippen molar-refractivity contribution in [2.24, 2.45) is 0 Å². The first-order valence-corrected chi connectivity index (χ1v) is 6.94. The quantitative estimate of drug-likeness (QED) is 0.656. The molecule has 0 amide bonds. The number of nitrogens with zero attached hydrogens (tertiary/aromatic N) is 3. The molecule has 0 radical (unpaired) electrons. The smallest absolute Gasteiger partial charge is 0.150 e. The number of hydrogen-bond acceptors (Lipinski definition) is 4. The minimum Gasteiger partial charge on any atom is -0.487 e. The summed E-state index contributed by atoms with van der Waals surface area (Å²) in [5.41, 5.74) is 2.50. The molecule has 0 N–H and O–H groups in total. The lowest BCUT2D eigenvalue weighted by atomic mass is 10.2. The predicted octanol–water partition coefficient (Wildman–Crippen LogP) is 2.72. The molecule has 22 heavy (non-hydrogen) atoms. The van der Waals surface area contributed by atoms with Gasteiger partial charge >= 0.3 is 0 Å². The lowest BCUT2D eigenvalue weighted by molar-refractivity contribution is 0.112. The van der Waals surface area contributed by atoms with Gasteiger partial charge in [0.25, 0.3) is 0 Å². The van der Waals surface area contributed by atoms with Crippen molar-refractivity contribution in [2.75, 3.05) is 0 Å². The van der Waals surface area contributed by atoms with Crippen LogP contribution in [0, 0.1) is 0 Å². The Bertz CT molecular complexity index is 753. The van der Waals surface area contributed by atoms with Gasteiger partial charge in [0.2, 0.25) is 0 Å². The number of rotatable bonds is 6. The van der Waals surface area contributed by atoms with Crippen molar-refractivity contribution in [3.05, 3.63) is 77.6 Å². The topological polar surface area (TPSA) is 57.0 Å². The van der Waals surface area contributed by atoms with Crippen LogP contribution in [0.3, 0.4) is 0 Å². The zero-order valence-corrected chi connectivity index (χ0v) is 11.9. The van der Waals surface area contributed by atoms with Crippen molar-refractivity contribution in [3.63, 3.8) is 0 Å². The highest BCUT2D eigenvalue weighted by molar-refractivity contribution is 5.75. The number of benzene rings is 2. The van der Waals surface area contributed by atoms with Gasteiger partial charge in [0, 0.05) is 5.56 Å². The largest absolute Gasteiger partial charge is 0.487 e. The first-order chi connectivity index (χ1) is 10.8. The highest BCUT2D eigenvalue weighted by atomic mass is 16.5. The van der Waals surface area contributed by atoms with Crippen molar-refractivity contribution in [3.8, 4) is 5.75 Å². The van der Waals surface area contributed by atoms with Crippen LogP contribution >= 0.6 is 0 Å². The van der Waals surface area contributed by atoms with Crippen LogP contribution in [0.25, 0.3) is 0 Å². The maximum atomic E-state index is 10.7. The molecule has 0 atom stereocenters. The summed E-state index contributed by atoms with van der Waals surface area (Å²) >= 11 is 0. The van der Waals surface area contributed by atoms with Crippen molar-refractivity contribution >= 4 is 6.29 Å². The molecule has 0 aliphatic heterocycles. The van der Waals surface area contributed by atoms with Crippen molar-refractivity contribution < 1.29 is 9.53 Å². The fourth-order valence-electron chi connectivity index (χ4n) is 2.09. The summed E-state index contributed by atoms with van der Waals surface area (Å²) < 4.78 is 7.40. The van der Waals surface area contributed by atoms with E-state index in [0.29, 0.717) is 24.5 Å². The molecule has 5 heteroatoms. The highest BCUT2D eigenvalue weighted by Crippen LogP contribution is 2.13. The highest BCUT2D eigenvalue weighted by Gasteiger charge is 2.03. The Kier molecular flexibility index (Phi) is 4.25. The van der Waals surface area contributed by atoms with Crippen LogP contribution in [0.5, 0.6) is 5.75 Å². The second-order valence-electron chi connectivity index (χ2n) is 4.87. The van der Waals surface area contributed by atoms with Crippen molar-refractivity contribution in [2.45, 2.75) is 13.2 Å². The van der Waals surface area contributed by atoms with E-state index in [0.717, 1.165) is 12.0 Å². The van der Waals surface area contributed by atoms with E-state index in [9.17, 15) is 4.79 Å². The third kappa shape index (κ3) is 3.58. The molecule has 0 bridgehead atoms. The Labute approximate surface area is 128 Å². The maximum absolute atomic E-state index is 10.7. The maximum Gasteiger partial charge on any atom is 0.150 e. The van der Waals surface area contributed by atoms with Crippen LogP contribution in [0.4, 0.5) is 0 Å². The predicted molar refractivity (Wildman–Crippen MR) is 81.7 cm³/mol. The summed E-state index contributed by atoms with van der Waals surface area (Å²) in [4.78, 5) is 10.7. The molecule has 0 fully saturated rings. The van der Waals surface area contributed by atoms with Gasteiger partial charge in [0.05, 0.1) is 12.7 Å². The van der Waals surface area contributed by atoms with Crippen LogP contribution < -0.4 is 4.74 Å². The number of hydrogen-bond donors (Lipinski definition) is 0. The number of carbonyl (C=O) groups is 1. The Morgan fingerprint density at radius 3 is 2.77 bits per heavy atom. The van der Waals surface area contributed by atoms with Gasteiger partial charge in [-0.15, -0.1) is 5.10 Å². The molecule has 5 nitrogen and oxygen atoms in total. The molecule has 0 unspecified atom stereocenters. The first-order valence-electron chi connectivity index (χ1n) is 6.94. The third-order valence-electron chi connectivity index (χ3n) is 3.15. The fraction of sp³-hybridized carbons (Fsp3) is 0.118. The summed E-state index contributed by atoms with van der Waals surface area (Å²) in [7, 11) is 0. The molecule has 0 saturated heterocycles. The van der Waals surface area contributed by atoms with Gasteiger partial charge in [-0.25, -0.2) is 4.68 Å². The Morgan fingerprint density at radius 2 is 1.95 bits per heavy atom. The number of carbonyl (C=O) groups excluding carboxylic acids is 1. The minimum absolute atomic E-state index is 0.317. The van der Waals surface area contributed by atoms with Gasteiger partial charge in [0.15, 0.2) is 0 Å². The molecule has 110 valence electrons. The third-order valence-corrected chi connectivity index (χ3v) is 3.15. The standard InChI is InChI=1S/C17H15N3O2/c21-12-15-7-4-8-17(9-15)22-13-16-11-20(19-18-16)10-14-5-2-1-3-6-14/h1-9,11-12H,10,13H2. The number of aldehydes is 1. The average Bonchev–Trinajstić information content (AvgIpc) is 3.01. The van der Waals surface area contributed by atoms with E-state index in [2.05, 4.69) is 10.3 Å². The molecular weight excluding hydrogens is 278 g/mol. The van der Waals surface area contributed by atoms with E-state index in [1.54, 1.807) is 28.9 Å². The summed E-state index contributed by atoms with van der Waals surface area (Å²) in [5, 5.41) is 8.18. The van der Waals surface area contributed by atoms with Crippen LogP contribution in [0.15, 0.2) is 60.8 Å². The van der Waals surface area contributed by atoms with Crippen molar-refractivity contribution in [1.29, 1.82) is 0 Å². The summed E-state index contributed by atoms with van der Waals surface area (Å²) in [5.74, 6) is 0.641. The van der Waals surface area contributed by atoms with E-state index in [1.165, 1.54) is 5.56 Å². The fourth-order valence-corrected chi connectivity index (χ4v) is 2.09. The molecule has 0 aliphatic carbocycles. The van der Waals surface area contributed by atoms with Crippen LogP contribution in [-0.2, 0) is 13.2 Å². The lowest BCUT2D eigenvalue weighted by Crippen LogP contribution is -2.00. The van der Waals surface area contributed by atoms with Gasteiger partial charge in [-0.2, -0.15) is 0 Å². The minimum atomic E-state index is 0.317. The Hall–Kier alpha value is -2.95. The summed E-state index contributed by atoms with van der Waals surface area (Å²) in [6.07, 6.45) is 2.65. The van der Waals surface area contributed by atoms with E-state index in [-0.39, 0.29) is 0 Å². The van der Waals surface area contributed by atoms with E-state index < -0.39 is 0 Å². The zero-order valence-electron chi connectivity index (χ0n) is 11.9. The molecule has 2 aromatic carbocycles. The number of aromatic nitrogens is 3. The Balaban J connectivity index is 1.61. The average molecular weight is 293 g/mol.